The summed E-state index contributed by atoms with van der Waals surface area (Å²) in [6.07, 6.45) is -0.563. The van der Waals surface area contributed by atoms with Gasteiger partial charge in [0.25, 0.3) is 0 Å². The van der Waals surface area contributed by atoms with E-state index in [0.29, 0.717) is 5.75 Å². The number of methoxy groups -OCH3 is 1. The lowest BCUT2D eigenvalue weighted by molar-refractivity contribution is -0.155. The monoisotopic (exact) mass is 593 g/mol. The highest BCUT2D eigenvalue weighted by molar-refractivity contribution is 7.99. The van der Waals surface area contributed by atoms with Gasteiger partial charge in [-0.3, -0.25) is 9.59 Å². The van der Waals surface area contributed by atoms with Gasteiger partial charge >= 0.3 is 18.0 Å². The van der Waals surface area contributed by atoms with Crippen LogP contribution in [0.25, 0.3) is 0 Å². The first kappa shape index (κ1) is 32.5. The van der Waals surface area contributed by atoms with E-state index in [-0.39, 0.29) is 26.1 Å². The highest BCUT2D eigenvalue weighted by Gasteiger charge is 2.34. The second-order valence-corrected chi connectivity index (χ2v) is 11.7. The Kier molecular flexibility index (Phi) is 12.7. The predicted octanol–water partition coefficient (Wildman–Crippen LogP) is 6.46. The summed E-state index contributed by atoms with van der Waals surface area (Å²) < 4.78 is 21.9. The van der Waals surface area contributed by atoms with Crippen molar-refractivity contribution in [2.24, 2.45) is 0 Å². The fourth-order valence-electron chi connectivity index (χ4n) is 3.92. The van der Waals surface area contributed by atoms with Gasteiger partial charge in [0, 0.05) is 12.2 Å². The zero-order valence-corrected chi connectivity index (χ0v) is 25.4. The zero-order valence-electron chi connectivity index (χ0n) is 24.5. The number of benzene rings is 3. The molecule has 0 fully saturated rings. The standard InChI is InChI=1S/C33H39NO7S/c1-33(2,3)41-31(36)30(42-23-26-15-17-27(38-4)18-16-26)28(34-32(37)40-22-25-13-9-6-10-14-25)19-20-29(35)39-21-24-11-7-5-8-12-24/h5-18,28,30H,19-23H2,1-4H3,(H,34,37)/t28-,30-/m0/s1. The number of amides is 1. The molecule has 0 aliphatic carbocycles. The molecule has 224 valence electrons. The molecule has 0 bridgehead atoms. The molecule has 0 spiro atoms. The fourth-order valence-corrected chi connectivity index (χ4v) is 5.10. The summed E-state index contributed by atoms with van der Waals surface area (Å²) in [5.74, 6) is 0.254. The van der Waals surface area contributed by atoms with E-state index in [1.165, 1.54) is 11.8 Å². The zero-order chi connectivity index (χ0) is 30.4. The van der Waals surface area contributed by atoms with Gasteiger partial charge in [-0.1, -0.05) is 72.8 Å². The van der Waals surface area contributed by atoms with Crippen LogP contribution < -0.4 is 10.1 Å². The summed E-state index contributed by atoms with van der Waals surface area (Å²) in [6.45, 7) is 5.56. The predicted molar refractivity (Wildman–Crippen MR) is 163 cm³/mol. The number of alkyl carbamates (subject to hydrolysis) is 1. The van der Waals surface area contributed by atoms with Gasteiger partial charge in [0.2, 0.25) is 0 Å². The van der Waals surface area contributed by atoms with E-state index < -0.39 is 34.9 Å². The molecule has 0 saturated carbocycles. The molecule has 3 aromatic carbocycles. The van der Waals surface area contributed by atoms with Gasteiger partial charge in [0.15, 0.2) is 0 Å². The van der Waals surface area contributed by atoms with Crippen molar-refractivity contribution in [1.82, 2.24) is 5.32 Å². The SMILES string of the molecule is COc1ccc(CS[C@H](C(=O)OC(C)(C)C)[C@H](CCC(=O)OCc2ccccc2)NC(=O)OCc2ccccc2)cc1. The number of hydrogen-bond acceptors (Lipinski definition) is 8. The lowest BCUT2D eigenvalue weighted by Gasteiger charge is -2.29. The van der Waals surface area contributed by atoms with Gasteiger partial charge in [-0.2, -0.15) is 0 Å². The minimum atomic E-state index is -0.822. The minimum Gasteiger partial charge on any atom is -0.497 e. The second kappa shape index (κ2) is 16.5. The summed E-state index contributed by atoms with van der Waals surface area (Å²) >= 11 is 1.33. The number of esters is 2. The first-order valence-electron chi connectivity index (χ1n) is 13.8. The Bertz CT molecular complexity index is 1260. The van der Waals surface area contributed by atoms with Crippen molar-refractivity contribution in [2.75, 3.05) is 7.11 Å². The van der Waals surface area contributed by atoms with Gasteiger partial charge in [-0.15, -0.1) is 11.8 Å². The maximum atomic E-state index is 13.5. The van der Waals surface area contributed by atoms with Crippen LogP contribution in [0.15, 0.2) is 84.9 Å². The number of ether oxygens (including phenoxy) is 4. The van der Waals surface area contributed by atoms with E-state index in [1.54, 1.807) is 27.9 Å². The van der Waals surface area contributed by atoms with Crippen molar-refractivity contribution >= 4 is 29.8 Å². The van der Waals surface area contributed by atoms with Crippen LogP contribution in [0.3, 0.4) is 0 Å². The third kappa shape index (κ3) is 11.9. The van der Waals surface area contributed by atoms with E-state index in [1.807, 2.05) is 84.9 Å². The van der Waals surface area contributed by atoms with Crippen LogP contribution in [0, 0.1) is 0 Å². The third-order valence-corrected chi connectivity index (χ3v) is 7.39. The van der Waals surface area contributed by atoms with Gasteiger partial charge < -0.3 is 24.3 Å². The highest BCUT2D eigenvalue weighted by atomic mass is 32.2. The van der Waals surface area contributed by atoms with E-state index in [4.69, 9.17) is 18.9 Å². The van der Waals surface area contributed by atoms with E-state index in [0.717, 1.165) is 22.4 Å². The Hall–Kier alpha value is -3.98. The van der Waals surface area contributed by atoms with Crippen molar-refractivity contribution < 1.29 is 33.3 Å². The van der Waals surface area contributed by atoms with E-state index >= 15 is 0 Å². The first-order chi connectivity index (χ1) is 20.1. The Balaban J connectivity index is 1.75. The molecule has 9 heteroatoms. The number of nitrogens with one attached hydrogen (secondary N) is 1. The van der Waals surface area contributed by atoms with Crippen molar-refractivity contribution in [3.63, 3.8) is 0 Å². The third-order valence-electron chi connectivity index (χ3n) is 6.01. The average Bonchev–Trinajstić information content (AvgIpc) is 2.98. The van der Waals surface area contributed by atoms with Gasteiger partial charge in [-0.05, 0) is 56.0 Å². The second-order valence-electron chi connectivity index (χ2n) is 10.6. The molecule has 3 aromatic rings. The van der Waals surface area contributed by atoms with Crippen molar-refractivity contribution in [3.8, 4) is 5.75 Å². The minimum absolute atomic E-state index is 0.0150. The molecule has 42 heavy (non-hydrogen) atoms. The first-order valence-corrected chi connectivity index (χ1v) is 14.8. The summed E-state index contributed by atoms with van der Waals surface area (Å²) in [5.41, 5.74) is 1.91. The largest absolute Gasteiger partial charge is 0.497 e. The molecule has 0 heterocycles. The average molecular weight is 594 g/mol. The molecule has 0 unspecified atom stereocenters. The molecule has 1 N–H and O–H groups in total. The lowest BCUT2D eigenvalue weighted by atomic mass is 10.1. The van der Waals surface area contributed by atoms with E-state index in [9.17, 15) is 14.4 Å². The molecule has 0 saturated heterocycles. The van der Waals surface area contributed by atoms with Gasteiger partial charge in [-0.25, -0.2) is 4.79 Å². The number of thioether (sulfide) groups is 1. The van der Waals surface area contributed by atoms with Crippen molar-refractivity contribution in [1.29, 1.82) is 0 Å². The van der Waals surface area contributed by atoms with E-state index in [2.05, 4.69) is 5.32 Å². The molecule has 3 rings (SSSR count). The fraction of sp³-hybridized carbons (Fsp3) is 0.364. The van der Waals surface area contributed by atoms with Crippen LogP contribution in [-0.2, 0) is 42.8 Å². The summed E-state index contributed by atoms with van der Waals surface area (Å²) in [7, 11) is 1.60. The van der Waals surface area contributed by atoms with Gasteiger partial charge in [0.05, 0.1) is 13.2 Å². The molecule has 2 atom stereocenters. The number of carbonyl (C=O) groups is 3. The topological polar surface area (TPSA) is 100 Å². The highest BCUT2D eigenvalue weighted by Crippen LogP contribution is 2.27. The number of rotatable bonds is 14. The lowest BCUT2D eigenvalue weighted by Crippen LogP contribution is -2.47. The molecular weight excluding hydrogens is 554 g/mol. The molecule has 0 aliphatic rings. The van der Waals surface area contributed by atoms with Crippen molar-refractivity contribution in [3.05, 3.63) is 102 Å². The summed E-state index contributed by atoms with van der Waals surface area (Å²) in [4.78, 5) is 39.1. The molecule has 0 aromatic heterocycles. The molecular formula is C33H39NO7S. The van der Waals surface area contributed by atoms with Crippen LogP contribution in [0.4, 0.5) is 4.79 Å². The quantitative estimate of drug-likeness (QED) is 0.168. The number of hydrogen-bond donors (Lipinski definition) is 1. The maximum absolute atomic E-state index is 13.5. The van der Waals surface area contributed by atoms with Crippen LogP contribution in [0.2, 0.25) is 0 Å². The molecule has 0 radical (unpaired) electrons. The molecule has 0 aliphatic heterocycles. The normalized spacial score (nSPS) is 12.5. The molecule has 1 amide bonds. The smallest absolute Gasteiger partial charge is 0.407 e. The Morgan fingerprint density at radius 3 is 1.90 bits per heavy atom. The summed E-state index contributed by atoms with van der Waals surface area (Å²) in [5, 5.41) is 2.01. The Morgan fingerprint density at radius 2 is 1.36 bits per heavy atom. The molecule has 8 nitrogen and oxygen atoms in total. The van der Waals surface area contributed by atoms with Crippen LogP contribution in [0.1, 0.15) is 50.3 Å². The van der Waals surface area contributed by atoms with Crippen molar-refractivity contribution in [2.45, 2.75) is 69.5 Å². The summed E-state index contributed by atoms with van der Waals surface area (Å²) in [6, 6.07) is 25.4. The van der Waals surface area contributed by atoms with Crippen LogP contribution in [-0.4, -0.2) is 42.0 Å². The number of carbonyl (C=O) groups excluding carboxylic acids is 3. The van der Waals surface area contributed by atoms with Gasteiger partial charge in [0.1, 0.15) is 29.8 Å². The van der Waals surface area contributed by atoms with Crippen LogP contribution >= 0.6 is 11.8 Å². The van der Waals surface area contributed by atoms with Crippen LogP contribution in [0.5, 0.6) is 5.75 Å². The Labute approximate surface area is 252 Å². The maximum Gasteiger partial charge on any atom is 0.407 e. The Morgan fingerprint density at radius 1 is 0.786 bits per heavy atom.